The van der Waals surface area contributed by atoms with E-state index < -0.39 is 0 Å². The molecule has 0 spiro atoms. The number of hydrogen-bond donors (Lipinski definition) is 2. The number of nitrogens with zero attached hydrogens (tertiary/aromatic N) is 1. The first-order valence-electron chi connectivity index (χ1n) is 8.08. The minimum absolute atomic E-state index is 0.0228. The molecule has 0 bridgehead atoms. The third-order valence-electron chi connectivity index (χ3n) is 3.96. The van der Waals surface area contributed by atoms with E-state index >= 15 is 0 Å². The molecule has 0 atom stereocenters. The van der Waals surface area contributed by atoms with Crippen molar-refractivity contribution in [1.82, 2.24) is 4.98 Å². The lowest BCUT2D eigenvalue weighted by molar-refractivity contribution is -0.115. The van der Waals surface area contributed by atoms with Crippen LogP contribution in [0.2, 0.25) is 0 Å². The van der Waals surface area contributed by atoms with Crippen molar-refractivity contribution in [1.29, 1.82) is 0 Å². The number of rotatable bonds is 5. The Bertz CT molecular complexity index is 868. The molecule has 1 amide bonds. The first-order chi connectivity index (χ1) is 11.6. The highest BCUT2D eigenvalue weighted by Gasteiger charge is 2.07. The lowest BCUT2D eigenvalue weighted by Gasteiger charge is -2.11. The molecule has 3 aromatic rings. The Kier molecular flexibility index (Phi) is 4.75. The van der Waals surface area contributed by atoms with Crippen LogP contribution in [0.3, 0.4) is 0 Å². The molecule has 0 aliphatic rings. The molecule has 0 fully saturated rings. The van der Waals surface area contributed by atoms with Gasteiger partial charge in [0.05, 0.1) is 11.2 Å². The molecule has 2 aromatic carbocycles. The first kappa shape index (κ1) is 16.0. The first-order valence-corrected chi connectivity index (χ1v) is 8.08. The Balaban J connectivity index is 1.59. The van der Waals surface area contributed by atoms with Gasteiger partial charge in [-0.3, -0.25) is 9.78 Å². The molecule has 0 saturated carbocycles. The summed E-state index contributed by atoms with van der Waals surface area (Å²) in [4.78, 5) is 16.6. The number of carbonyl (C=O) groups is 1. The largest absolute Gasteiger partial charge is 0.384 e. The molecule has 0 saturated heterocycles. The Morgan fingerprint density at radius 1 is 1.04 bits per heavy atom. The highest BCUT2D eigenvalue weighted by atomic mass is 16.1. The maximum absolute atomic E-state index is 12.2. The minimum atomic E-state index is -0.0228. The second-order valence-electron chi connectivity index (χ2n) is 5.92. The molecule has 0 radical (unpaired) electrons. The zero-order chi connectivity index (χ0) is 16.9. The van der Waals surface area contributed by atoms with Crippen molar-refractivity contribution in [2.75, 3.05) is 17.2 Å². The van der Waals surface area contributed by atoms with Gasteiger partial charge in [0.1, 0.15) is 0 Å². The summed E-state index contributed by atoms with van der Waals surface area (Å²) in [6.07, 6.45) is 2.14. The van der Waals surface area contributed by atoms with Crippen molar-refractivity contribution in [3.05, 3.63) is 65.9 Å². The lowest BCUT2D eigenvalue weighted by Crippen LogP contribution is -2.16. The van der Waals surface area contributed by atoms with Gasteiger partial charge in [-0.1, -0.05) is 35.9 Å². The summed E-state index contributed by atoms with van der Waals surface area (Å²) in [7, 11) is 0. The maximum atomic E-state index is 12.2. The Morgan fingerprint density at radius 2 is 1.88 bits per heavy atom. The van der Waals surface area contributed by atoms with Crippen molar-refractivity contribution in [2.45, 2.75) is 20.3 Å². The van der Waals surface area contributed by atoms with Gasteiger partial charge in [0.25, 0.3) is 0 Å². The topological polar surface area (TPSA) is 54.0 Å². The number of aryl methyl sites for hydroxylation is 2. The Hall–Kier alpha value is -2.88. The van der Waals surface area contributed by atoms with Crippen LogP contribution < -0.4 is 10.6 Å². The Labute approximate surface area is 141 Å². The number of aromatic nitrogens is 1. The van der Waals surface area contributed by atoms with E-state index in [2.05, 4.69) is 47.7 Å². The minimum Gasteiger partial charge on any atom is -0.384 e. The summed E-state index contributed by atoms with van der Waals surface area (Å²) in [5.74, 6) is -0.0228. The van der Waals surface area contributed by atoms with E-state index in [-0.39, 0.29) is 5.91 Å². The fourth-order valence-corrected chi connectivity index (χ4v) is 2.74. The van der Waals surface area contributed by atoms with Crippen molar-refractivity contribution >= 4 is 28.2 Å². The summed E-state index contributed by atoms with van der Waals surface area (Å²) in [6, 6.07) is 15.9. The maximum Gasteiger partial charge on any atom is 0.226 e. The second-order valence-corrected chi connectivity index (χ2v) is 5.92. The monoisotopic (exact) mass is 319 g/mol. The zero-order valence-electron chi connectivity index (χ0n) is 14.0. The van der Waals surface area contributed by atoms with Crippen LogP contribution in [0.25, 0.3) is 10.9 Å². The van der Waals surface area contributed by atoms with Gasteiger partial charge in [0.2, 0.25) is 5.91 Å². The molecular formula is C20H21N3O. The Morgan fingerprint density at radius 3 is 2.71 bits per heavy atom. The number of anilines is 2. The average molecular weight is 319 g/mol. The smallest absolute Gasteiger partial charge is 0.226 e. The van der Waals surface area contributed by atoms with Crippen molar-refractivity contribution < 1.29 is 4.79 Å². The molecule has 122 valence electrons. The van der Waals surface area contributed by atoms with E-state index in [1.54, 1.807) is 6.20 Å². The van der Waals surface area contributed by atoms with Gasteiger partial charge in [-0.25, -0.2) is 0 Å². The summed E-state index contributed by atoms with van der Waals surface area (Å²) in [6.45, 7) is 4.73. The van der Waals surface area contributed by atoms with E-state index in [0.29, 0.717) is 13.0 Å². The number of hydrogen-bond acceptors (Lipinski definition) is 3. The number of pyridine rings is 1. The van der Waals surface area contributed by atoms with Crippen LogP contribution in [0.5, 0.6) is 0 Å². The standard InChI is InChI=1S/C20H21N3O/c1-14-8-9-17(15(2)13-14)21-12-10-19(24)23-18-7-3-5-16-6-4-11-22-20(16)18/h3-9,11,13,21H,10,12H2,1-2H3,(H,23,24). The van der Waals surface area contributed by atoms with Crippen LogP contribution in [-0.2, 0) is 4.79 Å². The van der Waals surface area contributed by atoms with Crippen molar-refractivity contribution in [3.63, 3.8) is 0 Å². The zero-order valence-corrected chi connectivity index (χ0v) is 14.0. The van der Waals surface area contributed by atoms with Gasteiger partial charge in [-0.15, -0.1) is 0 Å². The predicted octanol–water partition coefficient (Wildman–Crippen LogP) is 4.29. The van der Waals surface area contributed by atoms with Crippen molar-refractivity contribution in [3.8, 4) is 0 Å². The van der Waals surface area contributed by atoms with Crippen molar-refractivity contribution in [2.24, 2.45) is 0 Å². The highest BCUT2D eigenvalue weighted by Crippen LogP contribution is 2.21. The van der Waals surface area contributed by atoms with E-state index in [9.17, 15) is 4.79 Å². The van der Waals surface area contributed by atoms with E-state index in [1.807, 2.05) is 30.3 Å². The quantitative estimate of drug-likeness (QED) is 0.737. The van der Waals surface area contributed by atoms with Gasteiger partial charge in [0, 0.05) is 30.2 Å². The summed E-state index contributed by atoms with van der Waals surface area (Å²) < 4.78 is 0. The normalized spacial score (nSPS) is 10.6. The van der Waals surface area contributed by atoms with E-state index in [1.165, 1.54) is 11.1 Å². The second kappa shape index (κ2) is 7.13. The van der Waals surface area contributed by atoms with Crippen LogP contribution in [0, 0.1) is 13.8 Å². The molecule has 4 heteroatoms. The highest BCUT2D eigenvalue weighted by molar-refractivity contribution is 6.00. The predicted molar refractivity (Wildman–Crippen MR) is 99.4 cm³/mol. The number of carbonyl (C=O) groups excluding carboxylic acids is 1. The van der Waals surface area contributed by atoms with Crippen LogP contribution >= 0.6 is 0 Å². The van der Waals surface area contributed by atoms with E-state index in [4.69, 9.17) is 0 Å². The summed E-state index contributed by atoms with van der Waals surface area (Å²) in [5, 5.41) is 7.29. The molecule has 4 nitrogen and oxygen atoms in total. The van der Waals surface area contributed by atoms with E-state index in [0.717, 1.165) is 22.3 Å². The average Bonchev–Trinajstić information content (AvgIpc) is 2.57. The molecule has 1 aromatic heterocycles. The van der Waals surface area contributed by atoms with Crippen LogP contribution in [0.4, 0.5) is 11.4 Å². The van der Waals surface area contributed by atoms with Gasteiger partial charge in [-0.05, 0) is 37.6 Å². The number of benzene rings is 2. The van der Waals surface area contributed by atoms with Gasteiger partial charge >= 0.3 is 0 Å². The van der Waals surface area contributed by atoms with Crippen LogP contribution in [0.15, 0.2) is 54.7 Å². The molecule has 0 aliphatic carbocycles. The fourth-order valence-electron chi connectivity index (χ4n) is 2.74. The molecule has 1 heterocycles. The lowest BCUT2D eigenvalue weighted by atomic mass is 10.1. The number of para-hydroxylation sites is 1. The molecular weight excluding hydrogens is 298 g/mol. The van der Waals surface area contributed by atoms with Crippen LogP contribution in [-0.4, -0.2) is 17.4 Å². The summed E-state index contributed by atoms with van der Waals surface area (Å²) >= 11 is 0. The fraction of sp³-hybridized carbons (Fsp3) is 0.200. The molecule has 24 heavy (non-hydrogen) atoms. The third-order valence-corrected chi connectivity index (χ3v) is 3.96. The molecule has 3 rings (SSSR count). The molecule has 0 unspecified atom stereocenters. The van der Waals surface area contributed by atoms with Crippen LogP contribution in [0.1, 0.15) is 17.5 Å². The summed E-state index contributed by atoms with van der Waals surface area (Å²) in [5.41, 5.74) is 5.06. The number of nitrogens with one attached hydrogen (secondary N) is 2. The SMILES string of the molecule is Cc1ccc(NCCC(=O)Nc2cccc3cccnc23)c(C)c1. The number of amides is 1. The molecule has 2 N–H and O–H groups in total. The van der Waals surface area contributed by atoms with Gasteiger partial charge in [0.15, 0.2) is 0 Å². The third kappa shape index (κ3) is 3.71. The van der Waals surface area contributed by atoms with Gasteiger partial charge in [-0.2, -0.15) is 0 Å². The molecule has 0 aliphatic heterocycles. The van der Waals surface area contributed by atoms with Gasteiger partial charge < -0.3 is 10.6 Å². The number of fused-ring (bicyclic) bond motifs is 1.